The molecule has 3 atom stereocenters. The van der Waals surface area contributed by atoms with Gasteiger partial charge in [-0.1, -0.05) is 30.6 Å². The van der Waals surface area contributed by atoms with Gasteiger partial charge < -0.3 is 10.8 Å². The average molecular weight is 247 g/mol. The minimum atomic E-state index is 0. The minimum absolute atomic E-state index is 0. The van der Waals surface area contributed by atoms with Crippen molar-refractivity contribution in [3.63, 3.8) is 0 Å². The summed E-state index contributed by atoms with van der Waals surface area (Å²) < 4.78 is 0. The molecule has 0 unspecified atom stereocenters. The molecule has 0 amide bonds. The molecule has 0 aromatic heterocycles. The van der Waals surface area contributed by atoms with Crippen molar-refractivity contribution in [1.82, 2.24) is 5.32 Å². The van der Waals surface area contributed by atoms with Crippen LogP contribution in [0.1, 0.15) is 51.4 Å². The Morgan fingerprint density at radius 2 is 2.17 bits per heavy atom. The Bertz CT molecular complexity index is 394. The minimum Gasteiger partial charge on any atom is -0.412 e. The van der Waals surface area contributed by atoms with Crippen LogP contribution in [0.5, 0.6) is 0 Å². The van der Waals surface area contributed by atoms with E-state index in [0.717, 1.165) is 12.0 Å². The van der Waals surface area contributed by atoms with E-state index < -0.39 is 0 Å². The molecule has 0 aromatic carbocycles. The number of rotatable bonds is 0. The standard InChI is InChI=1S/C16H23N.H2O/c1-2-6-13-12(5-1)11-15-14-7-3-4-8-16(13,14)9-10-17-15;/h2,6,14-15,17H,1,3-5,7-11H2;1H2/t14-,15+,16-;/m0./s1. The Labute approximate surface area is 110 Å². The highest BCUT2D eigenvalue weighted by Crippen LogP contribution is 2.58. The fourth-order valence-electron chi connectivity index (χ4n) is 5.18. The third kappa shape index (κ3) is 1.55. The predicted molar refractivity (Wildman–Crippen MR) is 74.4 cm³/mol. The quantitative estimate of drug-likeness (QED) is 0.703. The van der Waals surface area contributed by atoms with E-state index in [0.29, 0.717) is 5.41 Å². The van der Waals surface area contributed by atoms with Gasteiger partial charge in [-0.25, -0.2) is 0 Å². The lowest BCUT2D eigenvalue weighted by molar-refractivity contribution is 0.0452. The molecule has 1 saturated carbocycles. The lowest BCUT2D eigenvalue weighted by Crippen LogP contribution is -2.56. The lowest BCUT2D eigenvalue weighted by atomic mass is 9.52. The fraction of sp³-hybridized carbons (Fsp3) is 0.750. The van der Waals surface area contributed by atoms with Gasteiger partial charge in [0.15, 0.2) is 0 Å². The van der Waals surface area contributed by atoms with Crippen LogP contribution < -0.4 is 5.32 Å². The summed E-state index contributed by atoms with van der Waals surface area (Å²) in [6.45, 7) is 1.26. The van der Waals surface area contributed by atoms with E-state index in [1.165, 1.54) is 57.9 Å². The van der Waals surface area contributed by atoms with Crippen molar-refractivity contribution >= 4 is 0 Å². The molecule has 1 aliphatic heterocycles. The molecule has 100 valence electrons. The third-order valence-electron chi connectivity index (χ3n) is 5.84. The van der Waals surface area contributed by atoms with Gasteiger partial charge in [-0.2, -0.15) is 0 Å². The smallest absolute Gasteiger partial charge is 0.0141 e. The first-order valence-electron chi connectivity index (χ1n) is 7.53. The molecule has 2 nitrogen and oxygen atoms in total. The maximum Gasteiger partial charge on any atom is 0.0141 e. The first kappa shape index (κ1) is 12.4. The highest BCUT2D eigenvalue weighted by atomic mass is 16.0. The number of allylic oxidation sites excluding steroid dienone is 3. The Hall–Kier alpha value is -0.600. The topological polar surface area (TPSA) is 43.5 Å². The molecule has 4 rings (SSSR count). The van der Waals surface area contributed by atoms with Gasteiger partial charge in [0, 0.05) is 11.5 Å². The van der Waals surface area contributed by atoms with E-state index >= 15 is 0 Å². The van der Waals surface area contributed by atoms with Gasteiger partial charge in [-0.3, -0.25) is 0 Å². The zero-order valence-electron chi connectivity index (χ0n) is 11.2. The molecule has 4 aliphatic rings. The molecule has 3 aliphatic carbocycles. The molecule has 0 spiro atoms. The van der Waals surface area contributed by atoms with Crippen LogP contribution in [0.15, 0.2) is 23.3 Å². The summed E-state index contributed by atoms with van der Waals surface area (Å²) >= 11 is 0. The molecular formula is C16H25NO. The highest BCUT2D eigenvalue weighted by molar-refractivity contribution is 5.41. The Balaban J connectivity index is 0.000001000. The van der Waals surface area contributed by atoms with Gasteiger partial charge >= 0.3 is 0 Å². The maximum atomic E-state index is 3.82. The summed E-state index contributed by atoms with van der Waals surface area (Å²) in [5, 5.41) is 3.82. The van der Waals surface area contributed by atoms with Gasteiger partial charge in [0.05, 0.1) is 0 Å². The third-order valence-corrected chi connectivity index (χ3v) is 5.84. The first-order valence-corrected chi connectivity index (χ1v) is 7.53. The molecule has 2 bridgehead atoms. The summed E-state index contributed by atoms with van der Waals surface area (Å²) in [5.74, 6) is 0.950. The zero-order chi connectivity index (χ0) is 11.3. The van der Waals surface area contributed by atoms with E-state index in [-0.39, 0.29) is 5.48 Å². The first-order chi connectivity index (χ1) is 8.40. The van der Waals surface area contributed by atoms with Gasteiger partial charge in [-0.05, 0) is 56.6 Å². The Kier molecular flexibility index (Phi) is 3.11. The van der Waals surface area contributed by atoms with E-state index in [1.807, 2.05) is 5.57 Å². The number of hydrogen-bond acceptors (Lipinski definition) is 1. The second-order valence-corrected chi connectivity index (χ2v) is 6.48. The van der Waals surface area contributed by atoms with Crippen LogP contribution in [0.2, 0.25) is 0 Å². The fourth-order valence-corrected chi connectivity index (χ4v) is 5.18. The van der Waals surface area contributed by atoms with E-state index in [9.17, 15) is 0 Å². The molecule has 0 aromatic rings. The monoisotopic (exact) mass is 247 g/mol. The lowest BCUT2D eigenvalue weighted by Gasteiger charge is -2.57. The predicted octanol–water partition coefficient (Wildman–Crippen LogP) is 2.75. The molecule has 1 heterocycles. The van der Waals surface area contributed by atoms with Crippen LogP contribution in [0.4, 0.5) is 0 Å². The van der Waals surface area contributed by atoms with Gasteiger partial charge in [0.1, 0.15) is 0 Å². The van der Waals surface area contributed by atoms with Crippen LogP contribution in [-0.2, 0) is 0 Å². The average Bonchev–Trinajstić information content (AvgIpc) is 2.39. The molecule has 2 fully saturated rings. The largest absolute Gasteiger partial charge is 0.412 e. The van der Waals surface area contributed by atoms with Crippen molar-refractivity contribution in [2.45, 2.75) is 57.4 Å². The molecule has 1 saturated heterocycles. The van der Waals surface area contributed by atoms with Crippen molar-refractivity contribution in [3.8, 4) is 0 Å². The van der Waals surface area contributed by atoms with Crippen LogP contribution in [-0.4, -0.2) is 18.1 Å². The normalized spacial score (nSPS) is 41.8. The van der Waals surface area contributed by atoms with Crippen molar-refractivity contribution in [1.29, 1.82) is 0 Å². The Morgan fingerprint density at radius 3 is 3.11 bits per heavy atom. The highest BCUT2D eigenvalue weighted by Gasteiger charge is 2.51. The van der Waals surface area contributed by atoms with Gasteiger partial charge in [-0.15, -0.1) is 0 Å². The molecule has 0 radical (unpaired) electrons. The maximum absolute atomic E-state index is 3.82. The second kappa shape index (κ2) is 4.50. The molecular weight excluding hydrogens is 222 g/mol. The molecule has 3 N–H and O–H groups in total. The summed E-state index contributed by atoms with van der Waals surface area (Å²) in [6.07, 6.45) is 16.2. The van der Waals surface area contributed by atoms with Crippen LogP contribution >= 0.6 is 0 Å². The van der Waals surface area contributed by atoms with Crippen LogP contribution in [0, 0.1) is 11.3 Å². The Morgan fingerprint density at radius 1 is 1.22 bits per heavy atom. The van der Waals surface area contributed by atoms with E-state index in [4.69, 9.17) is 0 Å². The van der Waals surface area contributed by atoms with Crippen LogP contribution in [0.25, 0.3) is 0 Å². The number of hydrogen-bond donors (Lipinski definition) is 1. The second-order valence-electron chi connectivity index (χ2n) is 6.48. The van der Waals surface area contributed by atoms with Crippen molar-refractivity contribution < 1.29 is 5.48 Å². The SMILES string of the molecule is C1=CC2=C(CC1)C[C@H]1NCC[C@@]23CCCC[C@@H]13.O. The van der Waals surface area contributed by atoms with Crippen molar-refractivity contribution in [2.24, 2.45) is 11.3 Å². The van der Waals surface area contributed by atoms with Crippen molar-refractivity contribution in [3.05, 3.63) is 23.3 Å². The summed E-state index contributed by atoms with van der Waals surface area (Å²) in [6, 6.07) is 0.814. The number of piperidine rings is 1. The van der Waals surface area contributed by atoms with Gasteiger partial charge in [0.2, 0.25) is 0 Å². The molecule has 2 heteroatoms. The molecule has 18 heavy (non-hydrogen) atoms. The van der Waals surface area contributed by atoms with E-state index in [2.05, 4.69) is 17.5 Å². The van der Waals surface area contributed by atoms with Crippen molar-refractivity contribution in [2.75, 3.05) is 6.54 Å². The van der Waals surface area contributed by atoms with Crippen LogP contribution in [0.3, 0.4) is 0 Å². The summed E-state index contributed by atoms with van der Waals surface area (Å²) in [5.41, 5.74) is 4.20. The zero-order valence-corrected chi connectivity index (χ0v) is 11.2. The van der Waals surface area contributed by atoms with E-state index in [1.54, 1.807) is 5.57 Å². The van der Waals surface area contributed by atoms with Gasteiger partial charge in [0.25, 0.3) is 0 Å². The summed E-state index contributed by atoms with van der Waals surface area (Å²) in [7, 11) is 0. The summed E-state index contributed by atoms with van der Waals surface area (Å²) in [4.78, 5) is 0. The number of nitrogens with one attached hydrogen (secondary N) is 1.